The van der Waals surface area contributed by atoms with Crippen LogP contribution in [0.1, 0.15) is 0 Å². The molecule has 0 saturated carbocycles. The molecular formula is C13H7Cl3N2OS. The average Bonchev–Trinajstić information content (AvgIpc) is 2.93. The van der Waals surface area contributed by atoms with Crippen molar-refractivity contribution >= 4 is 52.0 Å². The predicted octanol–water partition coefficient (Wildman–Crippen LogP) is 5.61. The van der Waals surface area contributed by atoms with Crippen molar-refractivity contribution < 1.29 is 4.52 Å². The van der Waals surface area contributed by atoms with Crippen LogP contribution in [0.25, 0.3) is 22.4 Å². The van der Waals surface area contributed by atoms with E-state index in [0.29, 0.717) is 30.5 Å². The summed E-state index contributed by atoms with van der Waals surface area (Å²) in [5.74, 6) is 0.187. The molecule has 0 atom stereocenters. The fourth-order valence-electron chi connectivity index (χ4n) is 1.91. The maximum absolute atomic E-state index is 6.21. The van der Waals surface area contributed by atoms with E-state index in [-0.39, 0.29) is 5.88 Å². The second kappa shape index (κ2) is 5.30. The van der Waals surface area contributed by atoms with Crippen LogP contribution in [0, 0.1) is 0 Å². The Morgan fingerprint density at radius 1 is 1.10 bits per heavy atom. The fourth-order valence-corrected chi connectivity index (χ4v) is 3.61. The van der Waals surface area contributed by atoms with E-state index in [1.807, 2.05) is 18.2 Å². The van der Waals surface area contributed by atoms with Crippen molar-refractivity contribution in [2.24, 2.45) is 0 Å². The van der Waals surface area contributed by atoms with Crippen molar-refractivity contribution in [2.75, 3.05) is 5.73 Å². The smallest absolute Gasteiger partial charge is 0.230 e. The Morgan fingerprint density at radius 3 is 2.50 bits per heavy atom. The Balaban J connectivity index is 2.26. The van der Waals surface area contributed by atoms with E-state index in [4.69, 9.17) is 45.1 Å². The summed E-state index contributed by atoms with van der Waals surface area (Å²) in [5, 5.41) is 4.54. The van der Waals surface area contributed by atoms with Gasteiger partial charge in [-0.1, -0.05) is 58.2 Å². The number of hydrogen-bond donors (Lipinski definition) is 1. The van der Waals surface area contributed by atoms with Crippen molar-refractivity contribution in [1.29, 1.82) is 0 Å². The van der Waals surface area contributed by atoms with Crippen LogP contribution in [-0.2, 0) is 0 Å². The van der Waals surface area contributed by atoms with Gasteiger partial charge in [0.1, 0.15) is 10.0 Å². The average molecular weight is 346 g/mol. The first kappa shape index (κ1) is 13.8. The number of halogens is 3. The minimum Gasteiger partial charge on any atom is -0.367 e. The number of thiophene rings is 1. The van der Waals surface area contributed by atoms with E-state index in [1.165, 1.54) is 11.3 Å². The standard InChI is InChI=1S/C13H7Cl3N2OS/c14-8-4-2-1-3-6(8)10-11(18-19-13(10)17)7-5-9(15)20-12(7)16/h1-5H,17H2. The topological polar surface area (TPSA) is 52.0 Å². The third kappa shape index (κ3) is 2.29. The SMILES string of the molecule is Nc1onc(-c2cc(Cl)sc2Cl)c1-c1ccccc1Cl. The predicted molar refractivity (Wildman–Crippen MR) is 84.7 cm³/mol. The summed E-state index contributed by atoms with van der Waals surface area (Å²) in [6.07, 6.45) is 0. The first-order valence-corrected chi connectivity index (χ1v) is 7.48. The molecule has 3 nitrogen and oxygen atoms in total. The molecule has 0 aliphatic heterocycles. The van der Waals surface area contributed by atoms with Crippen molar-refractivity contribution in [1.82, 2.24) is 5.16 Å². The van der Waals surface area contributed by atoms with Crippen molar-refractivity contribution in [3.8, 4) is 22.4 Å². The lowest BCUT2D eigenvalue weighted by atomic mass is 10.0. The summed E-state index contributed by atoms with van der Waals surface area (Å²) in [4.78, 5) is 0. The van der Waals surface area contributed by atoms with Gasteiger partial charge in [0.2, 0.25) is 5.88 Å². The van der Waals surface area contributed by atoms with Gasteiger partial charge in [0, 0.05) is 16.1 Å². The summed E-state index contributed by atoms with van der Waals surface area (Å²) in [5.41, 5.74) is 8.44. The number of anilines is 1. The highest BCUT2D eigenvalue weighted by molar-refractivity contribution is 7.20. The van der Waals surface area contributed by atoms with Crippen LogP contribution in [0.3, 0.4) is 0 Å². The first-order chi connectivity index (χ1) is 9.58. The molecule has 0 amide bonds. The van der Waals surface area contributed by atoms with Crippen LogP contribution < -0.4 is 5.73 Å². The first-order valence-electron chi connectivity index (χ1n) is 5.53. The quantitative estimate of drug-likeness (QED) is 0.656. The molecule has 0 fully saturated rings. The number of aromatic nitrogens is 1. The minimum absolute atomic E-state index is 0.187. The molecule has 2 aromatic heterocycles. The molecule has 3 rings (SSSR count). The molecule has 2 heterocycles. The summed E-state index contributed by atoms with van der Waals surface area (Å²) in [6.45, 7) is 0. The van der Waals surface area contributed by atoms with E-state index in [9.17, 15) is 0 Å². The summed E-state index contributed by atoms with van der Waals surface area (Å²) >= 11 is 19.6. The van der Waals surface area contributed by atoms with Crippen molar-refractivity contribution in [3.63, 3.8) is 0 Å². The van der Waals surface area contributed by atoms with Gasteiger partial charge in [-0.05, 0) is 12.1 Å². The molecule has 7 heteroatoms. The zero-order valence-corrected chi connectivity index (χ0v) is 12.9. The van der Waals surface area contributed by atoms with Gasteiger partial charge in [-0.25, -0.2) is 0 Å². The minimum atomic E-state index is 0.187. The summed E-state index contributed by atoms with van der Waals surface area (Å²) in [7, 11) is 0. The number of nitrogens with two attached hydrogens (primary N) is 1. The number of rotatable bonds is 2. The van der Waals surface area contributed by atoms with Crippen LogP contribution in [0.15, 0.2) is 34.9 Å². The van der Waals surface area contributed by atoms with E-state index < -0.39 is 0 Å². The van der Waals surface area contributed by atoms with Gasteiger partial charge in [-0.15, -0.1) is 11.3 Å². The number of benzene rings is 1. The monoisotopic (exact) mass is 344 g/mol. The Morgan fingerprint density at radius 2 is 1.85 bits per heavy atom. The molecule has 0 radical (unpaired) electrons. The molecule has 3 aromatic rings. The zero-order valence-electron chi connectivity index (χ0n) is 9.86. The lowest BCUT2D eigenvalue weighted by molar-refractivity contribution is 0.439. The van der Waals surface area contributed by atoms with Gasteiger partial charge in [0.05, 0.1) is 9.90 Å². The molecule has 2 N–H and O–H groups in total. The van der Waals surface area contributed by atoms with Gasteiger partial charge in [-0.2, -0.15) is 0 Å². The van der Waals surface area contributed by atoms with Gasteiger partial charge < -0.3 is 10.3 Å². The fraction of sp³-hybridized carbons (Fsp3) is 0. The molecular weight excluding hydrogens is 339 g/mol. The van der Waals surface area contributed by atoms with Crippen molar-refractivity contribution in [2.45, 2.75) is 0 Å². The molecule has 0 aliphatic carbocycles. The highest BCUT2D eigenvalue weighted by Crippen LogP contribution is 2.44. The second-order valence-corrected chi connectivity index (χ2v) is 6.68. The van der Waals surface area contributed by atoms with Crippen molar-refractivity contribution in [3.05, 3.63) is 44.0 Å². The van der Waals surface area contributed by atoms with E-state index in [2.05, 4.69) is 5.16 Å². The molecule has 0 spiro atoms. The highest BCUT2D eigenvalue weighted by atomic mass is 35.5. The zero-order chi connectivity index (χ0) is 14.3. The van der Waals surface area contributed by atoms with E-state index in [0.717, 1.165) is 5.56 Å². The molecule has 0 saturated heterocycles. The van der Waals surface area contributed by atoms with Gasteiger partial charge in [0.25, 0.3) is 0 Å². The molecule has 0 unspecified atom stereocenters. The maximum Gasteiger partial charge on any atom is 0.230 e. The van der Waals surface area contributed by atoms with Crippen LogP contribution in [-0.4, -0.2) is 5.16 Å². The number of hydrogen-bond acceptors (Lipinski definition) is 4. The summed E-state index contributed by atoms with van der Waals surface area (Å²) in [6, 6.07) is 9.04. The lowest BCUT2D eigenvalue weighted by Crippen LogP contribution is -1.88. The Labute approximate surface area is 133 Å². The largest absolute Gasteiger partial charge is 0.367 e. The maximum atomic E-state index is 6.21. The van der Waals surface area contributed by atoms with Gasteiger partial charge in [-0.3, -0.25) is 0 Å². The third-order valence-corrected chi connectivity index (χ3v) is 4.59. The Hall–Kier alpha value is -1.20. The Kier molecular flexibility index (Phi) is 3.65. The molecule has 0 aliphatic rings. The van der Waals surface area contributed by atoms with Gasteiger partial charge >= 0.3 is 0 Å². The third-order valence-electron chi connectivity index (χ3n) is 2.77. The Bertz CT molecular complexity index is 782. The van der Waals surface area contributed by atoms with Gasteiger partial charge in [0.15, 0.2) is 0 Å². The van der Waals surface area contributed by atoms with Crippen LogP contribution in [0.5, 0.6) is 0 Å². The van der Waals surface area contributed by atoms with E-state index in [1.54, 1.807) is 12.1 Å². The second-order valence-electron chi connectivity index (χ2n) is 3.99. The number of nitrogen functional groups attached to an aromatic ring is 1. The highest BCUT2D eigenvalue weighted by Gasteiger charge is 2.22. The molecule has 1 aromatic carbocycles. The molecule has 102 valence electrons. The van der Waals surface area contributed by atoms with Crippen LogP contribution in [0.4, 0.5) is 5.88 Å². The lowest BCUT2D eigenvalue weighted by Gasteiger charge is -2.04. The van der Waals surface area contributed by atoms with E-state index >= 15 is 0 Å². The molecule has 20 heavy (non-hydrogen) atoms. The molecule has 0 bridgehead atoms. The van der Waals surface area contributed by atoms with Crippen LogP contribution >= 0.6 is 46.1 Å². The van der Waals surface area contributed by atoms with Crippen LogP contribution in [0.2, 0.25) is 13.7 Å². The summed E-state index contributed by atoms with van der Waals surface area (Å²) < 4.78 is 6.19. The number of nitrogens with zero attached hydrogens (tertiary/aromatic N) is 1. The normalized spacial score (nSPS) is 10.9.